The Hall–Kier alpha value is -0.803. The molecule has 0 bridgehead atoms. The first-order chi connectivity index (χ1) is 8.28. The van der Waals surface area contributed by atoms with Crippen molar-refractivity contribution in [3.63, 3.8) is 0 Å². The van der Waals surface area contributed by atoms with Crippen molar-refractivity contribution in [1.82, 2.24) is 0 Å². The van der Waals surface area contributed by atoms with Gasteiger partial charge in [-0.25, -0.2) is 0 Å². The first kappa shape index (κ1) is 13.6. The number of benzene rings is 1. The van der Waals surface area contributed by atoms with Gasteiger partial charge in [0.1, 0.15) is 5.75 Å². The van der Waals surface area contributed by atoms with Gasteiger partial charge in [0.25, 0.3) is 0 Å². The highest BCUT2D eigenvalue weighted by Crippen LogP contribution is 2.37. The van der Waals surface area contributed by atoms with E-state index < -0.39 is 8.32 Å². The highest BCUT2D eigenvalue weighted by atomic mass is 28.4. The zero-order valence-corrected chi connectivity index (χ0v) is 13.1. The minimum atomic E-state index is -1.71. The smallest absolute Gasteiger partial charge is 0.250 e. The fourth-order valence-electron chi connectivity index (χ4n) is 1.59. The predicted octanol–water partition coefficient (Wildman–Crippen LogP) is 4.01. The summed E-state index contributed by atoms with van der Waals surface area (Å²) in [6, 6.07) is 8.50. The lowest BCUT2D eigenvalue weighted by atomic mass is 10.1. The average Bonchev–Trinajstić information content (AvgIpc) is 3.03. The van der Waals surface area contributed by atoms with Gasteiger partial charge in [-0.05, 0) is 35.8 Å². The second-order valence-electron chi connectivity index (χ2n) is 6.67. The van der Waals surface area contributed by atoms with Crippen LogP contribution < -0.4 is 4.43 Å². The minimum Gasteiger partial charge on any atom is -0.544 e. The van der Waals surface area contributed by atoms with E-state index in [2.05, 4.69) is 58.1 Å². The van der Waals surface area contributed by atoms with E-state index in [0.717, 1.165) is 18.8 Å². The monoisotopic (exact) mass is 264 g/mol. The number of ether oxygens (including phenoxy) is 1. The molecule has 0 N–H and O–H groups in total. The first-order valence-electron chi connectivity index (χ1n) is 6.67. The van der Waals surface area contributed by atoms with E-state index in [1.54, 1.807) is 0 Å². The molecular weight excluding hydrogens is 240 g/mol. The molecule has 0 aliphatic carbocycles. The third-order valence-corrected chi connectivity index (χ3v) is 8.33. The molecular formula is C15H24O2Si. The fraction of sp³-hybridized carbons (Fsp3) is 0.600. The second kappa shape index (κ2) is 4.70. The molecule has 0 aromatic heterocycles. The predicted molar refractivity (Wildman–Crippen MR) is 77.7 cm³/mol. The van der Waals surface area contributed by atoms with Crippen molar-refractivity contribution in [3.8, 4) is 5.75 Å². The van der Waals surface area contributed by atoms with Gasteiger partial charge in [-0.3, -0.25) is 0 Å². The quantitative estimate of drug-likeness (QED) is 0.605. The lowest BCUT2D eigenvalue weighted by molar-refractivity contribution is 0.407. The Morgan fingerprint density at radius 3 is 2.22 bits per heavy atom. The molecule has 1 aliphatic rings. The van der Waals surface area contributed by atoms with Crippen LogP contribution >= 0.6 is 0 Å². The summed E-state index contributed by atoms with van der Waals surface area (Å²) in [5, 5.41) is 0.244. The Morgan fingerprint density at radius 1 is 1.22 bits per heavy atom. The maximum Gasteiger partial charge on any atom is 0.250 e. The van der Waals surface area contributed by atoms with Gasteiger partial charge in [-0.1, -0.05) is 32.9 Å². The molecule has 1 heterocycles. The Bertz CT molecular complexity index is 399. The molecule has 0 saturated carbocycles. The van der Waals surface area contributed by atoms with Gasteiger partial charge in [0.2, 0.25) is 8.32 Å². The summed E-state index contributed by atoms with van der Waals surface area (Å²) in [7, 11) is -1.71. The van der Waals surface area contributed by atoms with Gasteiger partial charge in [-0.15, -0.1) is 0 Å². The van der Waals surface area contributed by atoms with E-state index in [4.69, 9.17) is 9.16 Å². The van der Waals surface area contributed by atoms with Crippen LogP contribution in [-0.2, 0) is 11.2 Å². The molecule has 1 atom stereocenters. The van der Waals surface area contributed by atoms with Crippen LogP contribution in [0.2, 0.25) is 18.1 Å². The van der Waals surface area contributed by atoms with Gasteiger partial charge < -0.3 is 9.16 Å². The maximum atomic E-state index is 6.25. The summed E-state index contributed by atoms with van der Waals surface area (Å²) < 4.78 is 11.5. The first-order valence-corrected chi connectivity index (χ1v) is 9.58. The Morgan fingerprint density at radius 2 is 1.78 bits per heavy atom. The van der Waals surface area contributed by atoms with Crippen molar-refractivity contribution in [2.24, 2.45) is 0 Å². The third-order valence-electron chi connectivity index (χ3n) is 3.97. The topological polar surface area (TPSA) is 21.8 Å². The Balaban J connectivity index is 2.01. The van der Waals surface area contributed by atoms with E-state index >= 15 is 0 Å². The number of hydrogen-bond acceptors (Lipinski definition) is 2. The summed E-state index contributed by atoms with van der Waals surface area (Å²) >= 11 is 0. The van der Waals surface area contributed by atoms with Crippen molar-refractivity contribution < 1.29 is 9.16 Å². The molecule has 100 valence electrons. The van der Waals surface area contributed by atoms with Crippen molar-refractivity contribution in [2.75, 3.05) is 6.61 Å². The van der Waals surface area contributed by atoms with E-state index in [-0.39, 0.29) is 5.04 Å². The van der Waals surface area contributed by atoms with Crippen LogP contribution in [0.4, 0.5) is 0 Å². The molecule has 0 amide bonds. The molecule has 2 nitrogen and oxygen atoms in total. The van der Waals surface area contributed by atoms with Gasteiger partial charge in [0, 0.05) is 6.42 Å². The number of epoxide rings is 1. The molecule has 1 saturated heterocycles. The zero-order chi connectivity index (χ0) is 13.4. The highest BCUT2D eigenvalue weighted by molar-refractivity contribution is 6.74. The normalized spacial score (nSPS) is 19.7. The van der Waals surface area contributed by atoms with E-state index in [1.807, 2.05) is 0 Å². The summed E-state index contributed by atoms with van der Waals surface area (Å²) in [4.78, 5) is 0. The second-order valence-corrected chi connectivity index (χ2v) is 11.4. The molecule has 3 heteroatoms. The number of rotatable bonds is 4. The molecule has 1 fully saturated rings. The lowest BCUT2D eigenvalue weighted by Gasteiger charge is -2.36. The van der Waals surface area contributed by atoms with Gasteiger partial charge >= 0.3 is 0 Å². The van der Waals surface area contributed by atoms with Crippen LogP contribution in [0.1, 0.15) is 26.3 Å². The SMILES string of the molecule is CC(C)(C)[Si](C)(C)Oc1ccc(C[C@H]2CO2)cc1. The van der Waals surface area contributed by atoms with Gasteiger partial charge in [-0.2, -0.15) is 0 Å². The lowest BCUT2D eigenvalue weighted by Crippen LogP contribution is -2.43. The Kier molecular flexibility index (Phi) is 3.56. The third kappa shape index (κ3) is 3.36. The summed E-state index contributed by atoms with van der Waals surface area (Å²) in [6.45, 7) is 12.3. The van der Waals surface area contributed by atoms with Crippen LogP contribution in [0.3, 0.4) is 0 Å². The molecule has 0 unspecified atom stereocenters. The molecule has 1 aliphatic heterocycles. The van der Waals surface area contributed by atoms with Crippen LogP contribution in [-0.4, -0.2) is 21.0 Å². The van der Waals surface area contributed by atoms with Crippen molar-refractivity contribution in [3.05, 3.63) is 29.8 Å². The molecule has 0 radical (unpaired) electrons. The van der Waals surface area contributed by atoms with Crippen LogP contribution in [0.15, 0.2) is 24.3 Å². The molecule has 1 aromatic rings. The van der Waals surface area contributed by atoms with Gasteiger partial charge in [0.05, 0.1) is 12.7 Å². The largest absolute Gasteiger partial charge is 0.544 e. The van der Waals surface area contributed by atoms with E-state index in [1.165, 1.54) is 5.56 Å². The molecule has 1 aromatic carbocycles. The Labute approximate surface area is 111 Å². The molecule has 0 spiro atoms. The standard InChI is InChI=1S/C15H24O2Si/c1-15(2,3)18(4,5)17-13-8-6-12(7-9-13)10-14-11-16-14/h6-9,14H,10-11H2,1-5H3/t14-/m0/s1. The van der Waals surface area contributed by atoms with E-state index in [9.17, 15) is 0 Å². The summed E-state index contributed by atoms with van der Waals surface area (Å²) in [6.07, 6.45) is 1.48. The van der Waals surface area contributed by atoms with Crippen LogP contribution in [0.5, 0.6) is 5.75 Å². The average molecular weight is 264 g/mol. The summed E-state index contributed by atoms with van der Waals surface area (Å²) in [5.74, 6) is 1.00. The van der Waals surface area contributed by atoms with Crippen molar-refractivity contribution in [2.45, 2.75) is 51.4 Å². The van der Waals surface area contributed by atoms with Gasteiger partial charge in [0.15, 0.2) is 0 Å². The van der Waals surface area contributed by atoms with Crippen molar-refractivity contribution in [1.29, 1.82) is 0 Å². The van der Waals surface area contributed by atoms with Crippen LogP contribution in [0, 0.1) is 0 Å². The highest BCUT2D eigenvalue weighted by Gasteiger charge is 2.38. The molecule has 2 rings (SSSR count). The van der Waals surface area contributed by atoms with Crippen molar-refractivity contribution >= 4 is 8.32 Å². The van der Waals surface area contributed by atoms with Crippen LogP contribution in [0.25, 0.3) is 0 Å². The molecule has 18 heavy (non-hydrogen) atoms. The van der Waals surface area contributed by atoms with E-state index in [0.29, 0.717) is 6.10 Å². The minimum absolute atomic E-state index is 0.244. The zero-order valence-electron chi connectivity index (χ0n) is 12.1. The maximum absolute atomic E-state index is 6.25. The fourth-order valence-corrected chi connectivity index (χ4v) is 2.62. The number of hydrogen-bond donors (Lipinski definition) is 0. The summed E-state index contributed by atoms with van der Waals surface area (Å²) in [5.41, 5.74) is 1.33.